The zero-order valence-corrected chi connectivity index (χ0v) is 30.4. The molecule has 13 nitrogen and oxygen atoms in total. The monoisotopic (exact) mass is 721 g/mol. The van der Waals surface area contributed by atoms with Gasteiger partial charge in [-0.15, -0.1) is 0 Å². The lowest BCUT2D eigenvalue weighted by molar-refractivity contribution is -0.126. The van der Waals surface area contributed by atoms with Crippen LogP contribution in [0, 0.1) is 5.92 Å². The molecule has 1 amide bonds. The lowest BCUT2D eigenvalue weighted by Gasteiger charge is -2.48. The Kier molecular flexibility index (Phi) is 9.65. The zero-order valence-electron chi connectivity index (χ0n) is 29.6. The van der Waals surface area contributed by atoms with Crippen LogP contribution in [0.2, 0.25) is 0 Å². The summed E-state index contributed by atoms with van der Waals surface area (Å²) in [5, 5.41) is 15.4. The number of nitrogens with zero attached hydrogens (tertiary/aromatic N) is 8. The summed E-state index contributed by atoms with van der Waals surface area (Å²) in [4.78, 5) is 39.7. The number of anilines is 4. The summed E-state index contributed by atoms with van der Waals surface area (Å²) in [6, 6.07) is 3.26. The highest BCUT2D eigenvalue weighted by Crippen LogP contribution is 2.41. The Labute approximate surface area is 298 Å². The van der Waals surface area contributed by atoms with E-state index in [1.807, 2.05) is 35.9 Å². The van der Waals surface area contributed by atoms with Crippen molar-refractivity contribution in [3.63, 3.8) is 0 Å². The molecule has 0 aliphatic carbocycles. The van der Waals surface area contributed by atoms with Crippen LogP contribution in [0.15, 0.2) is 43.4 Å². The number of amides is 1. The maximum Gasteiger partial charge on any atom is 0.246 e. The van der Waals surface area contributed by atoms with Gasteiger partial charge in [0, 0.05) is 80.1 Å². The second-order valence-corrected chi connectivity index (χ2v) is 17.2. The van der Waals surface area contributed by atoms with Crippen LogP contribution >= 0.6 is 0 Å². The second-order valence-electron chi connectivity index (χ2n) is 15.0. The van der Waals surface area contributed by atoms with E-state index in [1.165, 1.54) is 12.3 Å². The number of rotatable bonds is 9. The van der Waals surface area contributed by atoms with Crippen molar-refractivity contribution in [3.05, 3.63) is 49.1 Å². The maximum atomic E-state index is 15.6. The zero-order chi connectivity index (χ0) is 36.1. The summed E-state index contributed by atoms with van der Waals surface area (Å²) in [6.07, 6.45) is 10.4. The number of aromatic nitrogens is 4. The quantitative estimate of drug-likeness (QED) is 0.311. The molecule has 7 rings (SSSR count). The molecule has 0 radical (unpaired) electrons. The van der Waals surface area contributed by atoms with Gasteiger partial charge in [-0.2, -0.15) is 4.98 Å². The molecule has 0 bridgehead atoms. The van der Waals surface area contributed by atoms with Gasteiger partial charge in [-0.05, 0) is 64.2 Å². The summed E-state index contributed by atoms with van der Waals surface area (Å²) in [6.45, 7) is 11.0. The number of hydrogen-bond acceptors (Lipinski definition) is 12. The van der Waals surface area contributed by atoms with Gasteiger partial charge in [-0.25, -0.2) is 22.8 Å². The van der Waals surface area contributed by atoms with Crippen LogP contribution in [0.25, 0.3) is 10.8 Å². The second kappa shape index (κ2) is 13.9. The minimum Gasteiger partial charge on any atom is -0.390 e. The number of alkyl halides is 1. The van der Waals surface area contributed by atoms with E-state index < -0.39 is 21.6 Å². The van der Waals surface area contributed by atoms with Crippen molar-refractivity contribution in [2.24, 2.45) is 5.92 Å². The number of carbonyl (C=O) groups is 1. The molecule has 2 N–H and O–H groups in total. The number of nitrogens with one attached hydrogen (secondary N) is 1. The molecule has 3 aromatic rings. The molecule has 4 aliphatic heterocycles. The van der Waals surface area contributed by atoms with Crippen molar-refractivity contribution in [2.45, 2.75) is 75.8 Å². The summed E-state index contributed by atoms with van der Waals surface area (Å²) in [7, 11) is -3.11. The van der Waals surface area contributed by atoms with E-state index in [0.717, 1.165) is 35.0 Å². The molecule has 0 saturated carbocycles. The van der Waals surface area contributed by atoms with Crippen molar-refractivity contribution in [3.8, 4) is 0 Å². The summed E-state index contributed by atoms with van der Waals surface area (Å²) < 4.78 is 39.6. The predicted octanol–water partition coefficient (Wildman–Crippen LogP) is 3.65. The van der Waals surface area contributed by atoms with E-state index in [9.17, 15) is 18.3 Å². The fraction of sp³-hybridized carbons (Fsp3) is 0.583. The number of aliphatic hydroxyl groups is 1. The van der Waals surface area contributed by atoms with Crippen LogP contribution in [-0.2, 0) is 14.6 Å². The molecule has 4 fully saturated rings. The van der Waals surface area contributed by atoms with Gasteiger partial charge in [-0.3, -0.25) is 14.7 Å². The smallest absolute Gasteiger partial charge is 0.246 e. The Balaban J connectivity index is 1.13. The number of fused-ring (bicyclic) bond motifs is 1. The molecule has 3 aromatic heterocycles. The first-order chi connectivity index (χ1) is 24.3. The predicted molar refractivity (Wildman–Crippen MR) is 196 cm³/mol. The van der Waals surface area contributed by atoms with Crippen LogP contribution < -0.4 is 15.1 Å². The first kappa shape index (κ1) is 35.5. The topological polar surface area (TPSA) is 148 Å². The van der Waals surface area contributed by atoms with Crippen molar-refractivity contribution in [1.29, 1.82) is 0 Å². The fourth-order valence-corrected chi connectivity index (χ4v) is 9.41. The van der Waals surface area contributed by atoms with Crippen LogP contribution in [0.1, 0.15) is 57.7 Å². The Bertz CT molecular complexity index is 1900. The number of halogens is 1. The normalized spacial score (nSPS) is 27.0. The van der Waals surface area contributed by atoms with E-state index in [1.54, 1.807) is 18.5 Å². The van der Waals surface area contributed by atoms with E-state index in [0.29, 0.717) is 69.6 Å². The van der Waals surface area contributed by atoms with Crippen LogP contribution in [0.5, 0.6) is 0 Å². The number of pyridine rings is 2. The van der Waals surface area contributed by atoms with Gasteiger partial charge >= 0.3 is 0 Å². The Morgan fingerprint density at radius 3 is 2.59 bits per heavy atom. The van der Waals surface area contributed by atoms with Crippen molar-refractivity contribution in [1.82, 2.24) is 29.7 Å². The number of hydrogen-bond donors (Lipinski definition) is 2. The molecule has 1 unspecified atom stereocenters. The van der Waals surface area contributed by atoms with Crippen LogP contribution in [0.4, 0.5) is 27.7 Å². The van der Waals surface area contributed by atoms with Gasteiger partial charge in [-0.1, -0.05) is 6.58 Å². The minimum atomic E-state index is -3.11. The third-order valence-corrected chi connectivity index (χ3v) is 12.3. The van der Waals surface area contributed by atoms with Crippen molar-refractivity contribution < 1.29 is 22.7 Å². The van der Waals surface area contributed by atoms with Gasteiger partial charge in [0.15, 0.2) is 0 Å². The molecule has 4 saturated heterocycles. The third-order valence-electron chi connectivity index (χ3n) is 11.3. The lowest BCUT2D eigenvalue weighted by atomic mass is 9.90. The average molecular weight is 722 g/mol. The molecule has 4 aliphatic rings. The van der Waals surface area contributed by atoms with Gasteiger partial charge in [0.25, 0.3) is 0 Å². The van der Waals surface area contributed by atoms with Crippen LogP contribution in [-0.4, -0.2) is 124 Å². The highest BCUT2D eigenvalue weighted by atomic mass is 32.2. The molecular formula is C36H48FN9O4S. The number of carbonyl (C=O) groups excluding carboxylic acids is 1. The Morgan fingerprint density at radius 2 is 1.88 bits per heavy atom. The number of piperidine rings is 2. The Hall–Kier alpha value is -3.95. The molecule has 15 heteroatoms. The molecule has 0 spiro atoms. The maximum absolute atomic E-state index is 15.6. The van der Waals surface area contributed by atoms with Gasteiger partial charge < -0.3 is 25.1 Å². The molecule has 7 heterocycles. The van der Waals surface area contributed by atoms with Gasteiger partial charge in [0.05, 0.1) is 41.5 Å². The first-order valence-corrected chi connectivity index (χ1v) is 20.0. The van der Waals surface area contributed by atoms with Gasteiger partial charge in [0.1, 0.15) is 27.6 Å². The van der Waals surface area contributed by atoms with E-state index in [2.05, 4.69) is 26.7 Å². The van der Waals surface area contributed by atoms with E-state index in [4.69, 9.17) is 15.0 Å². The van der Waals surface area contributed by atoms with Gasteiger partial charge in [0.2, 0.25) is 11.9 Å². The van der Waals surface area contributed by atoms with Crippen LogP contribution in [0.3, 0.4) is 0 Å². The highest BCUT2D eigenvalue weighted by Gasteiger charge is 2.40. The summed E-state index contributed by atoms with van der Waals surface area (Å²) >= 11 is 0. The largest absolute Gasteiger partial charge is 0.390 e. The van der Waals surface area contributed by atoms with Crippen molar-refractivity contribution in [2.75, 3.05) is 66.4 Å². The summed E-state index contributed by atoms with van der Waals surface area (Å²) in [5.74, 6) is 1.49. The minimum absolute atomic E-state index is 0.00308. The van der Waals surface area contributed by atoms with Crippen molar-refractivity contribution >= 4 is 49.8 Å². The Morgan fingerprint density at radius 1 is 1.10 bits per heavy atom. The third kappa shape index (κ3) is 7.38. The first-order valence-electron chi connectivity index (χ1n) is 17.9. The average Bonchev–Trinajstić information content (AvgIpc) is 3.59. The lowest BCUT2D eigenvalue weighted by Crippen LogP contribution is -2.57. The highest BCUT2D eigenvalue weighted by molar-refractivity contribution is 7.90. The summed E-state index contributed by atoms with van der Waals surface area (Å²) in [5.41, 5.74) is 0.961. The molecule has 0 aromatic carbocycles. The molecule has 274 valence electrons. The molecule has 51 heavy (non-hydrogen) atoms. The molecule has 5 atom stereocenters. The standard InChI is InChI=1S/C36H48FN9O4S/c1-5-33(47)45-13-6-7-29(45)34-25-17-32(39-18-26(25)30(19-40-34)46-20-24(23(46)2)22-51(4,49)50)41-31-8-12-38-35(42-31)44-14-9-28(27(37)21-44)43-15-10-36(3,48)11-16-43/h5,8,12,17-19,23-24,27-29,48H,1,6-7,9-11,13-16,20-22H2,2-4H3,(H,38,39,41,42)/t23-,24-,27+,28-,29?/m1/s1. The SMILES string of the molecule is C=CC(=O)N1CCCC1c1ncc(N2C[C@H](CS(C)(=O)=O)[C@H]2C)c2cnc(Nc3ccnc(N4CC[C@@H](N5CCC(C)(O)CC5)[C@@H](F)C4)n3)cc12. The molecular weight excluding hydrogens is 674 g/mol. The van der Waals surface area contributed by atoms with E-state index >= 15 is 4.39 Å². The number of likely N-dealkylation sites (tertiary alicyclic amines) is 2. The van der Waals surface area contributed by atoms with E-state index in [-0.39, 0.29) is 42.2 Å². The number of sulfone groups is 1. The fourth-order valence-electron chi connectivity index (χ4n) is 8.25.